The van der Waals surface area contributed by atoms with Gasteiger partial charge in [-0.3, -0.25) is 9.59 Å². The molecule has 4 nitrogen and oxygen atoms in total. The molecule has 4 heteroatoms. The first kappa shape index (κ1) is 17.0. The van der Waals surface area contributed by atoms with Crippen molar-refractivity contribution < 1.29 is 9.59 Å². The summed E-state index contributed by atoms with van der Waals surface area (Å²) >= 11 is 0. The van der Waals surface area contributed by atoms with Crippen molar-refractivity contribution in [3.05, 3.63) is 83.9 Å². The molecule has 0 saturated heterocycles. The molecule has 1 N–H and O–H groups in total. The summed E-state index contributed by atoms with van der Waals surface area (Å²) in [6.07, 6.45) is 0.774. The normalized spacial score (nSPS) is 12.6. The van der Waals surface area contributed by atoms with Gasteiger partial charge in [0.05, 0.1) is 0 Å². The van der Waals surface area contributed by atoms with Crippen LogP contribution in [0.1, 0.15) is 22.8 Å². The first-order chi connectivity index (χ1) is 13.1. The zero-order valence-corrected chi connectivity index (χ0v) is 15.1. The van der Waals surface area contributed by atoms with Gasteiger partial charge < -0.3 is 10.2 Å². The maximum atomic E-state index is 12.8. The molecule has 2 amide bonds. The van der Waals surface area contributed by atoms with Gasteiger partial charge in [0.15, 0.2) is 0 Å². The second kappa shape index (κ2) is 7.08. The first-order valence-electron chi connectivity index (χ1n) is 9.00. The lowest BCUT2D eigenvalue weighted by molar-refractivity contribution is -0.116. The van der Waals surface area contributed by atoms with E-state index < -0.39 is 0 Å². The van der Waals surface area contributed by atoms with Crippen LogP contribution in [-0.4, -0.2) is 18.4 Å². The lowest BCUT2D eigenvalue weighted by atomic mass is 10.0. The molecular formula is C23H20N2O2. The third-order valence-electron chi connectivity index (χ3n) is 4.88. The largest absolute Gasteiger partial charge is 0.321 e. The van der Waals surface area contributed by atoms with E-state index in [1.165, 1.54) is 0 Å². The highest BCUT2D eigenvalue weighted by Gasteiger charge is 2.23. The maximum Gasteiger partial charge on any atom is 0.255 e. The zero-order valence-electron chi connectivity index (χ0n) is 15.1. The molecule has 1 aliphatic heterocycles. The summed E-state index contributed by atoms with van der Waals surface area (Å²) in [5.74, 6) is -0.120. The Kier molecular flexibility index (Phi) is 4.47. The second-order valence-corrected chi connectivity index (χ2v) is 6.63. The number of nitrogens with one attached hydrogen (secondary N) is 1. The fourth-order valence-corrected chi connectivity index (χ4v) is 3.53. The molecule has 0 aromatic heterocycles. The Labute approximate surface area is 158 Å². The van der Waals surface area contributed by atoms with Crippen LogP contribution in [0.4, 0.5) is 11.4 Å². The Bertz CT molecular complexity index is 1010. The summed E-state index contributed by atoms with van der Waals surface area (Å²) in [5.41, 5.74) is 5.36. The Hall–Kier alpha value is -3.40. The predicted octanol–water partition coefficient (Wildman–Crippen LogP) is 4.51. The number of carbonyl (C=O) groups is 2. The molecule has 3 aromatic rings. The van der Waals surface area contributed by atoms with Crippen LogP contribution in [0.25, 0.3) is 11.1 Å². The standard InChI is InChI=1S/C23H20N2O2/c1-16(26)25-14-13-18-15-19(11-12-22(18)25)23(27)24-21-10-6-5-9-20(21)17-7-3-2-4-8-17/h2-12,15H,13-14H2,1H3,(H,24,27). The summed E-state index contributed by atoms with van der Waals surface area (Å²) < 4.78 is 0. The van der Waals surface area contributed by atoms with E-state index in [9.17, 15) is 9.59 Å². The highest BCUT2D eigenvalue weighted by Crippen LogP contribution is 2.30. The molecule has 0 spiro atoms. The number of hydrogen-bond acceptors (Lipinski definition) is 2. The summed E-state index contributed by atoms with van der Waals surface area (Å²) in [5, 5.41) is 3.03. The molecule has 0 atom stereocenters. The van der Waals surface area contributed by atoms with Crippen molar-refractivity contribution in [2.75, 3.05) is 16.8 Å². The number of carbonyl (C=O) groups excluding carboxylic acids is 2. The third kappa shape index (κ3) is 3.34. The lowest BCUT2D eigenvalue weighted by Gasteiger charge is -2.15. The van der Waals surface area contributed by atoms with E-state index in [2.05, 4.69) is 5.32 Å². The van der Waals surface area contributed by atoms with Gasteiger partial charge in [0.25, 0.3) is 5.91 Å². The van der Waals surface area contributed by atoms with Crippen LogP contribution in [0.5, 0.6) is 0 Å². The number of nitrogens with zero attached hydrogens (tertiary/aromatic N) is 1. The predicted molar refractivity (Wildman–Crippen MR) is 108 cm³/mol. The molecule has 0 bridgehead atoms. The van der Waals surface area contributed by atoms with Gasteiger partial charge in [-0.05, 0) is 41.8 Å². The van der Waals surface area contributed by atoms with Crippen LogP contribution in [0.2, 0.25) is 0 Å². The molecular weight excluding hydrogens is 336 g/mol. The van der Waals surface area contributed by atoms with Gasteiger partial charge in [0, 0.05) is 36.0 Å². The van der Waals surface area contributed by atoms with Crippen molar-refractivity contribution in [3.63, 3.8) is 0 Å². The zero-order chi connectivity index (χ0) is 18.8. The lowest BCUT2D eigenvalue weighted by Crippen LogP contribution is -2.25. The Balaban J connectivity index is 1.60. The van der Waals surface area contributed by atoms with Gasteiger partial charge in [-0.15, -0.1) is 0 Å². The number of benzene rings is 3. The van der Waals surface area contributed by atoms with E-state index in [0.717, 1.165) is 34.5 Å². The highest BCUT2D eigenvalue weighted by atomic mass is 16.2. The summed E-state index contributed by atoms with van der Waals surface area (Å²) in [6, 6.07) is 23.3. The van der Waals surface area contributed by atoms with Crippen LogP contribution < -0.4 is 10.2 Å². The van der Waals surface area contributed by atoms with E-state index in [0.29, 0.717) is 12.1 Å². The molecule has 0 aliphatic carbocycles. The monoisotopic (exact) mass is 356 g/mol. The number of amides is 2. The number of anilines is 2. The number of hydrogen-bond donors (Lipinski definition) is 1. The Morgan fingerprint density at radius 3 is 2.44 bits per heavy atom. The molecule has 0 unspecified atom stereocenters. The SMILES string of the molecule is CC(=O)N1CCc2cc(C(=O)Nc3ccccc3-c3ccccc3)ccc21. The van der Waals surface area contributed by atoms with Crippen molar-refractivity contribution in [1.29, 1.82) is 0 Å². The number of para-hydroxylation sites is 1. The van der Waals surface area contributed by atoms with Gasteiger partial charge in [-0.2, -0.15) is 0 Å². The molecule has 0 saturated carbocycles. The highest BCUT2D eigenvalue weighted by molar-refractivity contribution is 6.07. The van der Waals surface area contributed by atoms with Crippen LogP contribution >= 0.6 is 0 Å². The van der Waals surface area contributed by atoms with E-state index >= 15 is 0 Å². The smallest absolute Gasteiger partial charge is 0.255 e. The van der Waals surface area contributed by atoms with E-state index in [1.54, 1.807) is 17.9 Å². The molecule has 1 heterocycles. The molecule has 4 rings (SSSR count). The molecule has 0 radical (unpaired) electrons. The third-order valence-corrected chi connectivity index (χ3v) is 4.88. The Morgan fingerprint density at radius 1 is 0.926 bits per heavy atom. The molecule has 3 aromatic carbocycles. The first-order valence-corrected chi connectivity index (χ1v) is 9.00. The maximum absolute atomic E-state index is 12.8. The quantitative estimate of drug-likeness (QED) is 0.750. The Morgan fingerprint density at radius 2 is 1.67 bits per heavy atom. The molecule has 134 valence electrons. The van der Waals surface area contributed by atoms with Crippen molar-refractivity contribution >= 4 is 23.2 Å². The van der Waals surface area contributed by atoms with Crippen LogP contribution in [0.3, 0.4) is 0 Å². The summed E-state index contributed by atoms with van der Waals surface area (Å²) in [6.45, 7) is 2.24. The molecule has 1 aliphatic rings. The van der Waals surface area contributed by atoms with Gasteiger partial charge in [0.1, 0.15) is 0 Å². The topological polar surface area (TPSA) is 49.4 Å². The van der Waals surface area contributed by atoms with E-state index in [1.807, 2.05) is 66.7 Å². The minimum Gasteiger partial charge on any atom is -0.321 e. The molecule has 0 fully saturated rings. The van der Waals surface area contributed by atoms with E-state index in [4.69, 9.17) is 0 Å². The van der Waals surface area contributed by atoms with Crippen molar-refractivity contribution in [3.8, 4) is 11.1 Å². The number of fused-ring (bicyclic) bond motifs is 1. The van der Waals surface area contributed by atoms with Crippen LogP contribution in [0, 0.1) is 0 Å². The van der Waals surface area contributed by atoms with Gasteiger partial charge in [-0.1, -0.05) is 48.5 Å². The van der Waals surface area contributed by atoms with Crippen LogP contribution in [-0.2, 0) is 11.2 Å². The van der Waals surface area contributed by atoms with Gasteiger partial charge in [0.2, 0.25) is 5.91 Å². The van der Waals surface area contributed by atoms with Gasteiger partial charge in [-0.25, -0.2) is 0 Å². The van der Waals surface area contributed by atoms with Crippen molar-refractivity contribution in [2.24, 2.45) is 0 Å². The minimum atomic E-state index is -0.151. The van der Waals surface area contributed by atoms with Crippen molar-refractivity contribution in [1.82, 2.24) is 0 Å². The average molecular weight is 356 g/mol. The fraction of sp³-hybridized carbons (Fsp3) is 0.130. The summed E-state index contributed by atoms with van der Waals surface area (Å²) in [7, 11) is 0. The van der Waals surface area contributed by atoms with Crippen molar-refractivity contribution in [2.45, 2.75) is 13.3 Å². The average Bonchev–Trinajstić information content (AvgIpc) is 3.12. The van der Waals surface area contributed by atoms with E-state index in [-0.39, 0.29) is 11.8 Å². The minimum absolute atomic E-state index is 0.0303. The second-order valence-electron chi connectivity index (χ2n) is 6.63. The number of rotatable bonds is 3. The fourth-order valence-electron chi connectivity index (χ4n) is 3.53. The summed E-state index contributed by atoms with van der Waals surface area (Å²) in [4.78, 5) is 26.3. The molecule has 27 heavy (non-hydrogen) atoms. The van der Waals surface area contributed by atoms with Crippen LogP contribution in [0.15, 0.2) is 72.8 Å². The van der Waals surface area contributed by atoms with Gasteiger partial charge >= 0.3 is 0 Å².